The molecule has 3 rings (SSSR count). The van der Waals surface area contributed by atoms with Crippen molar-refractivity contribution in [2.75, 3.05) is 18.2 Å². The lowest BCUT2D eigenvalue weighted by Gasteiger charge is -2.14. The molecule has 0 atom stereocenters. The van der Waals surface area contributed by atoms with Gasteiger partial charge in [0.1, 0.15) is 23.5 Å². The predicted octanol–water partition coefficient (Wildman–Crippen LogP) is 3.34. The Hall–Kier alpha value is -3.10. The molecule has 0 radical (unpaired) electrons. The molecule has 3 N–H and O–H groups in total. The number of nitrogens with two attached hydrogens (primary N) is 1. The van der Waals surface area contributed by atoms with E-state index in [0.717, 1.165) is 22.9 Å². The summed E-state index contributed by atoms with van der Waals surface area (Å²) in [6.45, 7) is 1.96. The molecule has 150 valence electrons. The number of halogens is 2. The number of aromatic nitrogens is 3. The van der Waals surface area contributed by atoms with Crippen LogP contribution in [0.2, 0.25) is 10.0 Å². The third-order valence-electron chi connectivity index (χ3n) is 4.16. The van der Waals surface area contributed by atoms with Crippen LogP contribution in [-0.2, 0) is 6.42 Å². The minimum atomic E-state index is -0.719. The molecule has 3 aromatic rings. The number of carbonyl (C=O) groups excluding carboxylic acids is 1. The summed E-state index contributed by atoms with van der Waals surface area (Å²) in [6.07, 6.45) is 5.06. The highest BCUT2D eigenvalue weighted by Gasteiger charge is 2.21. The summed E-state index contributed by atoms with van der Waals surface area (Å²) in [5.74, 6) is -0.518. The van der Waals surface area contributed by atoms with Crippen LogP contribution >= 0.6 is 23.2 Å². The van der Waals surface area contributed by atoms with Crippen molar-refractivity contribution in [3.8, 4) is 11.4 Å². The van der Waals surface area contributed by atoms with Gasteiger partial charge in [-0.15, -0.1) is 0 Å². The molecule has 0 bridgehead atoms. The monoisotopic (exact) mass is 433 g/mol. The molecular weight excluding hydrogens is 417 g/mol. The van der Waals surface area contributed by atoms with Crippen LogP contribution in [0.1, 0.15) is 22.8 Å². The first-order chi connectivity index (χ1) is 13.8. The summed E-state index contributed by atoms with van der Waals surface area (Å²) in [5.41, 5.74) is 6.28. The Morgan fingerprint density at radius 3 is 2.55 bits per heavy atom. The molecule has 0 unspecified atom stereocenters. The number of hydrogen-bond donors (Lipinski definition) is 2. The molecule has 29 heavy (non-hydrogen) atoms. The number of pyridine rings is 1. The fraction of sp³-hybridized carbons (Fsp3) is 0.158. The number of amides is 1. The predicted molar refractivity (Wildman–Crippen MR) is 112 cm³/mol. The summed E-state index contributed by atoms with van der Waals surface area (Å²) in [5, 5.41) is 2.91. The maximum Gasteiger partial charge on any atom is 0.273 e. The average molecular weight is 434 g/mol. The molecule has 10 heteroatoms. The fourth-order valence-electron chi connectivity index (χ4n) is 2.67. The van der Waals surface area contributed by atoms with Crippen LogP contribution < -0.4 is 21.3 Å². The number of benzene rings is 1. The second kappa shape index (κ2) is 8.50. The first kappa shape index (κ1) is 20.6. The molecule has 0 aliphatic heterocycles. The first-order valence-corrected chi connectivity index (χ1v) is 9.27. The van der Waals surface area contributed by atoms with Crippen molar-refractivity contribution in [2.45, 2.75) is 13.3 Å². The largest absolute Gasteiger partial charge is 0.497 e. The second-order valence-corrected chi connectivity index (χ2v) is 6.82. The Bertz CT molecular complexity index is 1120. The number of nitrogen functional groups attached to an aromatic ring is 1. The number of hydrogen-bond acceptors (Lipinski definition) is 6. The van der Waals surface area contributed by atoms with E-state index in [1.54, 1.807) is 12.3 Å². The van der Waals surface area contributed by atoms with E-state index in [1.807, 2.05) is 6.92 Å². The molecule has 0 fully saturated rings. The van der Waals surface area contributed by atoms with E-state index in [4.69, 9.17) is 33.7 Å². The minimum absolute atomic E-state index is 0.147. The highest BCUT2D eigenvalue weighted by atomic mass is 35.5. The maximum atomic E-state index is 13.0. The SMILES string of the molecule is CCc1cncc(NC(=O)c2c(N)ncn(-c3c(Cl)cc(OC)cc3Cl)c2=O)c1. The standard InChI is InChI=1S/C19H17Cl2N5O3/c1-3-10-4-11(8-23-7-10)25-18(27)15-17(22)24-9-26(19(15)28)16-13(20)5-12(29-2)6-14(16)21/h4-9H,3,22H2,1-2H3,(H,25,27). The maximum absolute atomic E-state index is 13.0. The van der Waals surface area contributed by atoms with Crippen molar-refractivity contribution < 1.29 is 9.53 Å². The van der Waals surface area contributed by atoms with Crippen molar-refractivity contribution in [3.05, 3.63) is 68.4 Å². The third kappa shape index (κ3) is 4.18. The zero-order chi connectivity index (χ0) is 21.1. The number of anilines is 2. The van der Waals surface area contributed by atoms with Gasteiger partial charge in [0.2, 0.25) is 0 Å². The quantitative estimate of drug-likeness (QED) is 0.637. The average Bonchev–Trinajstić information content (AvgIpc) is 2.69. The number of ether oxygens (including phenoxy) is 1. The lowest BCUT2D eigenvalue weighted by atomic mass is 10.2. The molecule has 0 saturated carbocycles. The van der Waals surface area contributed by atoms with E-state index < -0.39 is 11.5 Å². The van der Waals surface area contributed by atoms with Crippen LogP contribution in [-0.4, -0.2) is 27.6 Å². The molecule has 0 spiro atoms. The lowest BCUT2D eigenvalue weighted by molar-refractivity contribution is 0.102. The molecule has 8 nitrogen and oxygen atoms in total. The Balaban J connectivity index is 2.06. The fourth-order valence-corrected chi connectivity index (χ4v) is 3.32. The van der Waals surface area contributed by atoms with Crippen molar-refractivity contribution in [3.63, 3.8) is 0 Å². The first-order valence-electron chi connectivity index (χ1n) is 8.51. The van der Waals surface area contributed by atoms with Gasteiger partial charge in [0.05, 0.1) is 34.7 Å². The second-order valence-electron chi connectivity index (χ2n) is 6.01. The zero-order valence-corrected chi connectivity index (χ0v) is 17.1. The number of nitrogens with one attached hydrogen (secondary N) is 1. The van der Waals surface area contributed by atoms with Gasteiger partial charge in [0.25, 0.3) is 11.5 Å². The number of carbonyl (C=O) groups is 1. The number of aryl methyl sites for hydroxylation is 1. The van der Waals surface area contributed by atoms with Crippen molar-refractivity contribution >= 4 is 40.6 Å². The molecule has 0 aliphatic rings. The van der Waals surface area contributed by atoms with Crippen molar-refractivity contribution in [1.82, 2.24) is 14.5 Å². The van der Waals surface area contributed by atoms with Gasteiger partial charge in [-0.05, 0) is 18.1 Å². The number of methoxy groups -OCH3 is 1. The Morgan fingerprint density at radius 1 is 1.24 bits per heavy atom. The van der Waals surface area contributed by atoms with Crippen LogP contribution in [0.4, 0.5) is 11.5 Å². The molecule has 2 aromatic heterocycles. The number of rotatable bonds is 5. The van der Waals surface area contributed by atoms with E-state index in [1.165, 1.54) is 25.4 Å². The van der Waals surface area contributed by atoms with Gasteiger partial charge >= 0.3 is 0 Å². The minimum Gasteiger partial charge on any atom is -0.497 e. The summed E-state index contributed by atoms with van der Waals surface area (Å²) < 4.78 is 6.17. The smallest absolute Gasteiger partial charge is 0.273 e. The van der Waals surface area contributed by atoms with Gasteiger partial charge in [-0.2, -0.15) is 0 Å². The summed E-state index contributed by atoms with van der Waals surface area (Å²) in [4.78, 5) is 33.8. The molecular formula is C19H17Cl2N5O3. The van der Waals surface area contributed by atoms with Crippen LogP contribution in [0.5, 0.6) is 5.75 Å². The summed E-state index contributed by atoms with van der Waals surface area (Å²) >= 11 is 12.5. The zero-order valence-electron chi connectivity index (χ0n) is 15.6. The summed E-state index contributed by atoms with van der Waals surface area (Å²) in [6, 6.07) is 4.74. The van der Waals surface area contributed by atoms with E-state index in [0.29, 0.717) is 11.4 Å². The Labute approximate surface area is 176 Å². The number of nitrogens with zero attached hydrogens (tertiary/aromatic N) is 3. The Morgan fingerprint density at radius 2 is 1.93 bits per heavy atom. The Kier molecular flexibility index (Phi) is 6.05. The van der Waals surface area contributed by atoms with Gasteiger partial charge in [0, 0.05) is 18.3 Å². The van der Waals surface area contributed by atoms with Gasteiger partial charge in [-0.1, -0.05) is 30.1 Å². The third-order valence-corrected chi connectivity index (χ3v) is 4.73. The van der Waals surface area contributed by atoms with Gasteiger partial charge in [-0.25, -0.2) is 4.98 Å². The molecule has 0 saturated heterocycles. The van der Waals surface area contributed by atoms with E-state index in [-0.39, 0.29) is 27.1 Å². The topological polar surface area (TPSA) is 112 Å². The van der Waals surface area contributed by atoms with Crippen LogP contribution in [0.3, 0.4) is 0 Å². The van der Waals surface area contributed by atoms with Gasteiger partial charge < -0.3 is 15.8 Å². The molecule has 0 aliphatic carbocycles. The van der Waals surface area contributed by atoms with E-state index in [9.17, 15) is 9.59 Å². The van der Waals surface area contributed by atoms with Crippen LogP contribution in [0.15, 0.2) is 41.7 Å². The van der Waals surface area contributed by atoms with Crippen molar-refractivity contribution in [1.29, 1.82) is 0 Å². The highest BCUT2D eigenvalue weighted by molar-refractivity contribution is 6.38. The van der Waals surface area contributed by atoms with Crippen molar-refractivity contribution in [2.24, 2.45) is 0 Å². The van der Waals surface area contributed by atoms with Gasteiger partial charge in [-0.3, -0.25) is 19.1 Å². The van der Waals surface area contributed by atoms with Crippen LogP contribution in [0.25, 0.3) is 5.69 Å². The van der Waals surface area contributed by atoms with E-state index >= 15 is 0 Å². The summed E-state index contributed by atoms with van der Waals surface area (Å²) in [7, 11) is 1.46. The van der Waals surface area contributed by atoms with Crippen LogP contribution in [0, 0.1) is 0 Å². The van der Waals surface area contributed by atoms with Gasteiger partial charge in [0.15, 0.2) is 0 Å². The molecule has 1 aromatic carbocycles. The molecule has 2 heterocycles. The normalized spacial score (nSPS) is 10.6. The molecule has 1 amide bonds. The lowest BCUT2D eigenvalue weighted by Crippen LogP contribution is -2.31. The van der Waals surface area contributed by atoms with E-state index in [2.05, 4.69) is 15.3 Å². The highest BCUT2D eigenvalue weighted by Crippen LogP contribution is 2.32.